The van der Waals surface area contributed by atoms with Crippen LogP contribution in [0.2, 0.25) is 0 Å². The number of nitrogens with zero attached hydrogens (tertiary/aromatic N) is 3. The lowest BCUT2D eigenvalue weighted by Crippen LogP contribution is -2.48. The van der Waals surface area contributed by atoms with Gasteiger partial charge in [-0.15, -0.1) is 0 Å². The molecule has 0 bridgehead atoms. The molecule has 0 radical (unpaired) electrons. The highest BCUT2D eigenvalue weighted by molar-refractivity contribution is 5.73. The molecular weight excluding hydrogens is 490 g/mol. The molecule has 3 rings (SSSR count). The van der Waals surface area contributed by atoms with Crippen LogP contribution < -0.4 is 4.74 Å². The number of carbonyl (C=O) groups excluding carboxylic acids is 1. The second-order valence-electron chi connectivity index (χ2n) is 10.2. The summed E-state index contributed by atoms with van der Waals surface area (Å²) in [5.74, 6) is 0.802. The molecule has 1 aromatic rings. The van der Waals surface area contributed by atoms with Crippen molar-refractivity contribution in [2.75, 3.05) is 86.0 Å². The standard InChI is InChI=1S/C28H47N3O7/c1-23(32)31-11-6-10-30(9-3-4-15-37-22-26(33)28(34)27(21-31)35-2)20-24-7-5-8-25(19-24)38-18-14-29-12-16-36-17-13-29/h5,7-8,19,26-28,33-34H,3-4,6,9-18,20-22H2,1-2H3/t26-,27-,28-/m0/s1. The molecule has 2 heterocycles. The second kappa shape index (κ2) is 17.0. The second-order valence-corrected chi connectivity index (χ2v) is 10.2. The van der Waals surface area contributed by atoms with Gasteiger partial charge in [-0.05, 0) is 43.5 Å². The fourth-order valence-corrected chi connectivity index (χ4v) is 4.87. The third-order valence-corrected chi connectivity index (χ3v) is 7.21. The van der Waals surface area contributed by atoms with Gasteiger partial charge in [0.05, 0.1) is 19.8 Å². The SMILES string of the molecule is CO[C@H]1CN(C(C)=O)CCCN(Cc2cccc(OCCN3CCOCC3)c2)CCCCOC[C@H](O)[C@@H]1O. The van der Waals surface area contributed by atoms with Crippen molar-refractivity contribution in [1.82, 2.24) is 14.7 Å². The Morgan fingerprint density at radius 2 is 1.79 bits per heavy atom. The molecule has 1 aromatic carbocycles. The number of benzene rings is 1. The van der Waals surface area contributed by atoms with E-state index >= 15 is 0 Å². The van der Waals surface area contributed by atoms with Crippen LogP contribution in [0, 0.1) is 0 Å². The first-order chi connectivity index (χ1) is 18.5. The lowest BCUT2D eigenvalue weighted by atomic mass is 10.1. The predicted molar refractivity (Wildman–Crippen MR) is 144 cm³/mol. The number of aliphatic hydroxyl groups excluding tert-OH is 2. The Hall–Kier alpha value is -1.79. The highest BCUT2D eigenvalue weighted by Crippen LogP contribution is 2.17. The molecular formula is C28H47N3O7. The quantitative estimate of drug-likeness (QED) is 0.527. The fourth-order valence-electron chi connectivity index (χ4n) is 4.87. The Bertz CT molecular complexity index is 808. The summed E-state index contributed by atoms with van der Waals surface area (Å²) in [5, 5.41) is 20.9. The van der Waals surface area contributed by atoms with Gasteiger partial charge in [0.15, 0.2) is 0 Å². The number of rotatable bonds is 7. The maximum absolute atomic E-state index is 12.3. The lowest BCUT2D eigenvalue weighted by Gasteiger charge is -2.31. The molecule has 3 atom stereocenters. The van der Waals surface area contributed by atoms with Crippen LogP contribution in [0.4, 0.5) is 0 Å². The predicted octanol–water partition coefficient (Wildman–Crippen LogP) is 0.985. The van der Waals surface area contributed by atoms with Gasteiger partial charge in [-0.25, -0.2) is 0 Å². The van der Waals surface area contributed by atoms with Gasteiger partial charge in [0.2, 0.25) is 5.91 Å². The molecule has 10 nitrogen and oxygen atoms in total. The first kappa shape index (κ1) is 30.7. The molecule has 0 saturated carbocycles. The normalized spacial score (nSPS) is 25.9. The molecule has 0 spiro atoms. The van der Waals surface area contributed by atoms with Crippen molar-refractivity contribution in [3.05, 3.63) is 29.8 Å². The Balaban J connectivity index is 1.57. The van der Waals surface area contributed by atoms with E-state index in [1.807, 2.05) is 12.1 Å². The maximum Gasteiger partial charge on any atom is 0.219 e. The Morgan fingerprint density at radius 1 is 1.00 bits per heavy atom. The van der Waals surface area contributed by atoms with Crippen molar-refractivity contribution in [3.63, 3.8) is 0 Å². The number of hydrogen-bond donors (Lipinski definition) is 2. The topological polar surface area (TPSA) is 104 Å². The Kier molecular flexibility index (Phi) is 13.8. The van der Waals surface area contributed by atoms with Crippen molar-refractivity contribution >= 4 is 5.91 Å². The van der Waals surface area contributed by atoms with Gasteiger partial charge in [-0.2, -0.15) is 0 Å². The summed E-state index contributed by atoms with van der Waals surface area (Å²) >= 11 is 0. The number of hydrogen-bond acceptors (Lipinski definition) is 9. The third kappa shape index (κ3) is 10.8. The Labute approximate surface area is 227 Å². The number of carbonyl (C=O) groups is 1. The van der Waals surface area contributed by atoms with Crippen LogP contribution in [-0.4, -0.2) is 135 Å². The fraction of sp³-hybridized carbons (Fsp3) is 0.750. The van der Waals surface area contributed by atoms with Crippen molar-refractivity contribution < 1.29 is 34.0 Å². The molecule has 0 aromatic heterocycles. The number of methoxy groups -OCH3 is 1. The zero-order chi connectivity index (χ0) is 27.2. The highest BCUT2D eigenvalue weighted by atomic mass is 16.5. The number of morpholine rings is 1. The largest absolute Gasteiger partial charge is 0.492 e. The minimum atomic E-state index is -1.13. The summed E-state index contributed by atoms with van der Waals surface area (Å²) in [4.78, 5) is 18.8. The van der Waals surface area contributed by atoms with Gasteiger partial charge in [0, 0.05) is 66.5 Å². The van der Waals surface area contributed by atoms with Gasteiger partial charge >= 0.3 is 0 Å². The first-order valence-corrected chi connectivity index (χ1v) is 13.9. The van der Waals surface area contributed by atoms with Crippen molar-refractivity contribution in [1.29, 1.82) is 0 Å². The van der Waals surface area contributed by atoms with Crippen molar-refractivity contribution in [2.24, 2.45) is 0 Å². The average Bonchev–Trinajstić information content (AvgIpc) is 2.92. The molecule has 10 heteroatoms. The van der Waals surface area contributed by atoms with Crippen LogP contribution in [0.25, 0.3) is 0 Å². The molecule has 216 valence electrons. The van der Waals surface area contributed by atoms with Crippen LogP contribution in [0.5, 0.6) is 5.75 Å². The van der Waals surface area contributed by atoms with E-state index in [0.717, 1.165) is 77.5 Å². The Morgan fingerprint density at radius 3 is 2.55 bits per heavy atom. The van der Waals surface area contributed by atoms with E-state index in [2.05, 4.69) is 21.9 Å². The first-order valence-electron chi connectivity index (χ1n) is 13.9. The van der Waals surface area contributed by atoms with Crippen LogP contribution >= 0.6 is 0 Å². The molecule has 38 heavy (non-hydrogen) atoms. The molecule has 1 amide bonds. The summed E-state index contributed by atoms with van der Waals surface area (Å²) < 4.78 is 22.5. The van der Waals surface area contributed by atoms with Gasteiger partial charge < -0.3 is 34.1 Å². The number of aliphatic hydroxyl groups is 2. The third-order valence-electron chi connectivity index (χ3n) is 7.21. The van der Waals surface area contributed by atoms with E-state index in [-0.39, 0.29) is 19.1 Å². The smallest absolute Gasteiger partial charge is 0.219 e. The molecule has 2 aliphatic heterocycles. The molecule has 2 N–H and O–H groups in total. The molecule has 0 unspecified atom stereocenters. The van der Waals surface area contributed by atoms with Crippen LogP contribution in [0.15, 0.2) is 24.3 Å². The zero-order valence-electron chi connectivity index (χ0n) is 23.1. The number of amides is 1. The van der Waals surface area contributed by atoms with Crippen LogP contribution in [0.3, 0.4) is 0 Å². The van der Waals surface area contributed by atoms with E-state index in [1.54, 1.807) is 4.90 Å². The minimum absolute atomic E-state index is 0.0309. The van der Waals surface area contributed by atoms with Crippen LogP contribution in [0.1, 0.15) is 31.7 Å². The molecule has 0 aliphatic carbocycles. The monoisotopic (exact) mass is 537 g/mol. The van der Waals surface area contributed by atoms with Crippen LogP contribution in [-0.2, 0) is 25.5 Å². The van der Waals surface area contributed by atoms with Gasteiger partial charge in [0.1, 0.15) is 30.7 Å². The molecule has 2 fully saturated rings. The summed E-state index contributed by atoms with van der Waals surface area (Å²) in [5.41, 5.74) is 1.19. The molecule has 2 aliphatic rings. The van der Waals surface area contributed by atoms with Gasteiger partial charge in [0.25, 0.3) is 0 Å². The summed E-state index contributed by atoms with van der Waals surface area (Å²) in [7, 11) is 1.48. The summed E-state index contributed by atoms with van der Waals surface area (Å²) in [6.45, 7) is 10.4. The number of ether oxygens (including phenoxy) is 4. The van der Waals surface area contributed by atoms with E-state index in [1.165, 1.54) is 19.6 Å². The maximum atomic E-state index is 12.3. The van der Waals surface area contributed by atoms with Gasteiger partial charge in [-0.1, -0.05) is 12.1 Å². The van der Waals surface area contributed by atoms with Gasteiger partial charge in [-0.3, -0.25) is 14.6 Å². The highest BCUT2D eigenvalue weighted by Gasteiger charge is 2.29. The van der Waals surface area contributed by atoms with E-state index < -0.39 is 18.3 Å². The zero-order valence-corrected chi connectivity index (χ0v) is 23.1. The molecule has 2 saturated heterocycles. The summed E-state index contributed by atoms with van der Waals surface area (Å²) in [6, 6.07) is 8.29. The lowest BCUT2D eigenvalue weighted by molar-refractivity contribution is -0.136. The van der Waals surface area contributed by atoms with Crippen molar-refractivity contribution in [2.45, 2.75) is 51.0 Å². The summed E-state index contributed by atoms with van der Waals surface area (Å²) in [6.07, 6.45) is -0.292. The van der Waals surface area contributed by atoms with E-state index in [9.17, 15) is 15.0 Å². The van der Waals surface area contributed by atoms with E-state index in [4.69, 9.17) is 18.9 Å². The minimum Gasteiger partial charge on any atom is -0.492 e. The van der Waals surface area contributed by atoms with E-state index in [0.29, 0.717) is 19.8 Å². The average molecular weight is 538 g/mol. The van der Waals surface area contributed by atoms with Crippen molar-refractivity contribution in [3.8, 4) is 5.75 Å².